The van der Waals surface area contributed by atoms with Crippen molar-refractivity contribution in [1.82, 2.24) is 4.90 Å². The van der Waals surface area contributed by atoms with Gasteiger partial charge in [0.25, 0.3) is 0 Å². The Hall–Kier alpha value is -0.250. The van der Waals surface area contributed by atoms with Gasteiger partial charge in [-0.15, -0.1) is 11.6 Å². The van der Waals surface area contributed by atoms with Crippen LogP contribution in [0.3, 0.4) is 0 Å². The van der Waals surface area contributed by atoms with Gasteiger partial charge in [-0.05, 0) is 60.4 Å². The van der Waals surface area contributed by atoms with E-state index in [1.807, 2.05) is 6.07 Å². The van der Waals surface area contributed by atoms with Crippen molar-refractivity contribution in [3.63, 3.8) is 0 Å². The lowest BCUT2D eigenvalue weighted by atomic mass is 10.1. The molecule has 0 saturated carbocycles. The Morgan fingerprint density at radius 2 is 2.11 bits per heavy atom. The molecule has 18 heavy (non-hydrogen) atoms. The molecule has 0 aliphatic carbocycles. The van der Waals surface area contributed by atoms with Gasteiger partial charge in [0.15, 0.2) is 0 Å². The fourth-order valence-electron chi connectivity index (χ4n) is 1.83. The molecule has 1 aromatic rings. The smallest absolute Gasteiger partial charge is 0.133 e. The maximum Gasteiger partial charge on any atom is 0.133 e. The maximum absolute atomic E-state index is 5.77. The Labute approximate surface area is 123 Å². The molecule has 1 rings (SSSR count). The highest BCUT2D eigenvalue weighted by molar-refractivity contribution is 9.10. The summed E-state index contributed by atoms with van der Waals surface area (Å²) in [7, 11) is 1.68. The molecule has 102 valence electrons. The van der Waals surface area contributed by atoms with E-state index in [1.165, 1.54) is 5.56 Å². The van der Waals surface area contributed by atoms with Gasteiger partial charge in [0, 0.05) is 18.5 Å². The molecule has 0 fully saturated rings. The summed E-state index contributed by atoms with van der Waals surface area (Å²) < 4.78 is 6.24. The number of nitrogens with zero attached hydrogens (tertiary/aromatic N) is 1. The van der Waals surface area contributed by atoms with Crippen LogP contribution in [-0.4, -0.2) is 30.5 Å². The first-order valence-electron chi connectivity index (χ1n) is 6.21. The van der Waals surface area contributed by atoms with Crippen LogP contribution in [0.15, 0.2) is 22.7 Å². The maximum atomic E-state index is 5.77. The Morgan fingerprint density at radius 3 is 2.61 bits per heavy atom. The fraction of sp³-hybridized carbons (Fsp3) is 0.571. The molecule has 0 aliphatic rings. The lowest BCUT2D eigenvalue weighted by Gasteiger charge is -2.26. The molecular formula is C14H21BrClNO. The SMILES string of the molecule is COc1ccc(CN(CCCCl)C(C)C)cc1Br. The lowest BCUT2D eigenvalue weighted by molar-refractivity contribution is 0.213. The number of hydrogen-bond acceptors (Lipinski definition) is 2. The zero-order valence-electron chi connectivity index (χ0n) is 11.2. The van der Waals surface area contributed by atoms with Crippen LogP contribution < -0.4 is 4.74 Å². The molecule has 0 atom stereocenters. The van der Waals surface area contributed by atoms with Gasteiger partial charge in [-0.2, -0.15) is 0 Å². The molecule has 2 nitrogen and oxygen atoms in total. The third-order valence-corrected chi connectivity index (χ3v) is 3.80. The highest BCUT2D eigenvalue weighted by atomic mass is 79.9. The Bertz CT molecular complexity index is 371. The quantitative estimate of drug-likeness (QED) is 0.689. The van der Waals surface area contributed by atoms with Gasteiger partial charge in [-0.3, -0.25) is 4.90 Å². The second kappa shape index (κ2) is 8.03. The van der Waals surface area contributed by atoms with E-state index in [0.29, 0.717) is 6.04 Å². The molecule has 0 unspecified atom stereocenters. The number of ether oxygens (including phenoxy) is 1. The first-order valence-corrected chi connectivity index (χ1v) is 7.53. The van der Waals surface area contributed by atoms with Crippen molar-refractivity contribution in [3.05, 3.63) is 28.2 Å². The van der Waals surface area contributed by atoms with E-state index >= 15 is 0 Å². The highest BCUT2D eigenvalue weighted by Crippen LogP contribution is 2.26. The first kappa shape index (κ1) is 15.8. The van der Waals surface area contributed by atoms with Gasteiger partial charge in [-0.25, -0.2) is 0 Å². The minimum absolute atomic E-state index is 0.522. The van der Waals surface area contributed by atoms with E-state index in [0.717, 1.165) is 35.6 Å². The average molecular weight is 335 g/mol. The fourth-order valence-corrected chi connectivity index (χ4v) is 2.53. The number of hydrogen-bond donors (Lipinski definition) is 0. The molecule has 0 saturated heterocycles. The number of benzene rings is 1. The molecule has 0 heterocycles. The van der Waals surface area contributed by atoms with E-state index in [-0.39, 0.29) is 0 Å². The first-order chi connectivity index (χ1) is 8.58. The topological polar surface area (TPSA) is 12.5 Å². The predicted molar refractivity (Wildman–Crippen MR) is 81.6 cm³/mol. The Morgan fingerprint density at radius 1 is 1.39 bits per heavy atom. The van der Waals surface area contributed by atoms with Crippen LogP contribution in [0.4, 0.5) is 0 Å². The lowest BCUT2D eigenvalue weighted by Crippen LogP contribution is -2.31. The van der Waals surface area contributed by atoms with Gasteiger partial charge in [-0.1, -0.05) is 6.07 Å². The van der Waals surface area contributed by atoms with Crippen molar-refractivity contribution in [2.24, 2.45) is 0 Å². The summed E-state index contributed by atoms with van der Waals surface area (Å²) in [6.07, 6.45) is 1.02. The summed E-state index contributed by atoms with van der Waals surface area (Å²) in [5.74, 6) is 1.59. The molecule has 0 spiro atoms. The number of rotatable bonds is 7. The van der Waals surface area contributed by atoms with Crippen molar-refractivity contribution in [2.75, 3.05) is 19.5 Å². The van der Waals surface area contributed by atoms with Crippen LogP contribution in [-0.2, 0) is 6.54 Å². The van der Waals surface area contributed by atoms with Crippen molar-refractivity contribution in [3.8, 4) is 5.75 Å². The second-order valence-electron chi connectivity index (χ2n) is 4.58. The third-order valence-electron chi connectivity index (χ3n) is 2.91. The van der Waals surface area contributed by atoms with Gasteiger partial charge in [0.05, 0.1) is 11.6 Å². The van der Waals surface area contributed by atoms with E-state index in [4.69, 9.17) is 16.3 Å². The molecule has 0 radical (unpaired) electrons. The van der Waals surface area contributed by atoms with Crippen LogP contribution in [0.1, 0.15) is 25.8 Å². The third kappa shape index (κ3) is 4.79. The molecular weight excluding hydrogens is 314 g/mol. The van der Waals surface area contributed by atoms with E-state index in [1.54, 1.807) is 7.11 Å². The summed E-state index contributed by atoms with van der Waals surface area (Å²) in [6.45, 7) is 6.40. The van der Waals surface area contributed by atoms with E-state index in [2.05, 4.69) is 46.8 Å². The van der Waals surface area contributed by atoms with Gasteiger partial charge in [0.1, 0.15) is 5.75 Å². The summed E-state index contributed by atoms with van der Waals surface area (Å²) in [4.78, 5) is 2.43. The molecule has 4 heteroatoms. The second-order valence-corrected chi connectivity index (χ2v) is 5.81. The van der Waals surface area contributed by atoms with Crippen molar-refractivity contribution >= 4 is 27.5 Å². The summed E-state index contributed by atoms with van der Waals surface area (Å²) in [5, 5.41) is 0. The molecule has 0 bridgehead atoms. The minimum atomic E-state index is 0.522. The molecule has 1 aromatic carbocycles. The van der Waals surface area contributed by atoms with E-state index in [9.17, 15) is 0 Å². The van der Waals surface area contributed by atoms with Gasteiger partial charge < -0.3 is 4.74 Å². The number of methoxy groups -OCH3 is 1. The molecule has 0 aromatic heterocycles. The molecule has 0 amide bonds. The predicted octanol–water partition coefficient (Wildman–Crippen LogP) is 4.30. The average Bonchev–Trinajstić information content (AvgIpc) is 2.34. The van der Waals surface area contributed by atoms with Crippen LogP contribution in [0, 0.1) is 0 Å². The van der Waals surface area contributed by atoms with Crippen LogP contribution >= 0.6 is 27.5 Å². The summed E-state index contributed by atoms with van der Waals surface area (Å²) in [6, 6.07) is 6.75. The van der Waals surface area contributed by atoms with Crippen molar-refractivity contribution in [1.29, 1.82) is 0 Å². The zero-order valence-corrected chi connectivity index (χ0v) is 13.6. The largest absolute Gasteiger partial charge is 0.496 e. The van der Waals surface area contributed by atoms with Crippen LogP contribution in [0.25, 0.3) is 0 Å². The minimum Gasteiger partial charge on any atom is -0.496 e. The van der Waals surface area contributed by atoms with Crippen LogP contribution in [0.2, 0.25) is 0 Å². The monoisotopic (exact) mass is 333 g/mol. The van der Waals surface area contributed by atoms with Gasteiger partial charge in [0.2, 0.25) is 0 Å². The summed E-state index contributed by atoms with van der Waals surface area (Å²) in [5.41, 5.74) is 1.28. The highest BCUT2D eigenvalue weighted by Gasteiger charge is 2.10. The van der Waals surface area contributed by atoms with E-state index < -0.39 is 0 Å². The Balaban J connectivity index is 2.71. The molecule has 0 aliphatic heterocycles. The van der Waals surface area contributed by atoms with Crippen molar-refractivity contribution in [2.45, 2.75) is 32.9 Å². The van der Waals surface area contributed by atoms with Gasteiger partial charge >= 0.3 is 0 Å². The normalized spacial score (nSPS) is 11.3. The molecule has 0 N–H and O–H groups in total. The number of alkyl halides is 1. The van der Waals surface area contributed by atoms with Crippen molar-refractivity contribution < 1.29 is 4.74 Å². The zero-order chi connectivity index (χ0) is 13.5. The number of halogens is 2. The summed E-state index contributed by atoms with van der Waals surface area (Å²) >= 11 is 9.29. The van der Waals surface area contributed by atoms with Crippen LogP contribution in [0.5, 0.6) is 5.75 Å². The Kier molecular flexibility index (Phi) is 7.05. The standard InChI is InChI=1S/C14H21BrClNO/c1-11(2)17(8-4-7-16)10-12-5-6-14(18-3)13(15)9-12/h5-6,9,11H,4,7-8,10H2,1-3H3.